The fourth-order valence-electron chi connectivity index (χ4n) is 3.89. The summed E-state index contributed by atoms with van der Waals surface area (Å²) < 4.78 is 14.8. The molecule has 0 saturated carbocycles. The molecule has 0 spiro atoms. The molecule has 0 unspecified atom stereocenters. The van der Waals surface area contributed by atoms with E-state index in [2.05, 4.69) is 4.98 Å². The van der Waals surface area contributed by atoms with Gasteiger partial charge in [0.15, 0.2) is 0 Å². The average Bonchev–Trinajstić information content (AvgIpc) is 3.40. The van der Waals surface area contributed by atoms with E-state index in [1.165, 1.54) is 4.90 Å². The number of carbonyl (C=O) groups is 1. The van der Waals surface area contributed by atoms with Gasteiger partial charge >= 0.3 is 6.09 Å². The summed E-state index contributed by atoms with van der Waals surface area (Å²) in [6, 6.07) is 12.8. The zero-order chi connectivity index (χ0) is 24.3. The van der Waals surface area contributed by atoms with E-state index in [0.29, 0.717) is 41.2 Å². The third-order valence-corrected chi connectivity index (χ3v) is 7.33. The second-order valence-electron chi connectivity index (χ2n) is 7.86. The summed E-state index contributed by atoms with van der Waals surface area (Å²) in [5.41, 5.74) is 1.36. The van der Waals surface area contributed by atoms with Crippen LogP contribution in [0.1, 0.15) is 18.3 Å². The van der Waals surface area contributed by atoms with Gasteiger partial charge in [0, 0.05) is 45.9 Å². The minimum atomic E-state index is -1.06. The number of benzene rings is 2. The van der Waals surface area contributed by atoms with Gasteiger partial charge in [0.1, 0.15) is 5.82 Å². The number of nitrogens with zero attached hydrogens (tertiary/aromatic N) is 3. The van der Waals surface area contributed by atoms with Gasteiger partial charge < -0.3 is 19.1 Å². The first kappa shape index (κ1) is 24.9. The van der Waals surface area contributed by atoms with Crippen LogP contribution in [0.3, 0.4) is 0 Å². The Kier molecular flexibility index (Phi) is 7.74. The Bertz CT molecular complexity index is 1160. The van der Waals surface area contributed by atoms with Crippen molar-refractivity contribution in [1.29, 1.82) is 0 Å². The summed E-state index contributed by atoms with van der Waals surface area (Å²) in [4.78, 5) is 18.0. The van der Waals surface area contributed by atoms with Crippen molar-refractivity contribution >= 4 is 46.7 Å². The third kappa shape index (κ3) is 5.37. The average molecular weight is 522 g/mol. The molecule has 4 rings (SSSR count). The van der Waals surface area contributed by atoms with Gasteiger partial charge in [-0.25, -0.2) is 9.78 Å². The van der Waals surface area contributed by atoms with E-state index in [1.807, 2.05) is 48.0 Å². The Hall–Kier alpha value is -2.23. The molecule has 1 aliphatic heterocycles. The number of carboxylic acid groups (broad SMARTS) is 1. The Labute approximate surface area is 212 Å². The number of aryl methyl sites for hydroxylation is 1. The monoisotopic (exact) mass is 521 g/mol. The summed E-state index contributed by atoms with van der Waals surface area (Å²) in [7, 11) is 0. The van der Waals surface area contributed by atoms with Crippen molar-refractivity contribution in [2.24, 2.45) is 0 Å². The van der Waals surface area contributed by atoms with Gasteiger partial charge in [-0.1, -0.05) is 29.3 Å². The van der Waals surface area contributed by atoms with Crippen LogP contribution in [-0.4, -0.2) is 45.8 Å². The maximum atomic E-state index is 11.3. The normalized spacial score (nSPS) is 19.9. The summed E-state index contributed by atoms with van der Waals surface area (Å²) >= 11 is 14.3. The van der Waals surface area contributed by atoms with E-state index in [1.54, 1.807) is 37.0 Å². The number of hydrogen-bond acceptors (Lipinski definition) is 5. The van der Waals surface area contributed by atoms with Gasteiger partial charge in [0.25, 0.3) is 0 Å². The number of ether oxygens (including phenoxy) is 2. The van der Waals surface area contributed by atoms with Gasteiger partial charge in [0.05, 0.1) is 24.3 Å². The zero-order valence-electron chi connectivity index (χ0n) is 18.8. The molecule has 3 aromatic rings. The van der Waals surface area contributed by atoms with Crippen molar-refractivity contribution in [2.45, 2.75) is 37.2 Å². The summed E-state index contributed by atoms with van der Waals surface area (Å²) in [6.07, 6.45) is 2.48. The van der Waals surface area contributed by atoms with Crippen molar-refractivity contribution < 1.29 is 19.4 Å². The molecule has 10 heteroatoms. The SMILES string of the molecule is CCN(C(=O)O)c1ccc(SC[C@@H]2CO[C@@](Cn3ccnc3C)(c3ccc(Cl)cc3Cl)O2)cc1. The van der Waals surface area contributed by atoms with Crippen LogP contribution in [0.15, 0.2) is 59.8 Å². The Balaban J connectivity index is 1.49. The van der Waals surface area contributed by atoms with E-state index in [4.69, 9.17) is 32.7 Å². The number of hydrogen-bond donors (Lipinski definition) is 1. The van der Waals surface area contributed by atoms with Crippen LogP contribution in [-0.2, 0) is 21.8 Å². The highest BCUT2D eigenvalue weighted by molar-refractivity contribution is 7.99. The molecule has 0 radical (unpaired) electrons. The Morgan fingerprint density at radius 2 is 2.06 bits per heavy atom. The third-order valence-electron chi connectivity index (χ3n) is 5.63. The second-order valence-corrected chi connectivity index (χ2v) is 9.80. The predicted molar refractivity (Wildman–Crippen MR) is 134 cm³/mol. The first-order valence-corrected chi connectivity index (χ1v) is 12.5. The fourth-order valence-corrected chi connectivity index (χ4v) is 5.31. The lowest BCUT2D eigenvalue weighted by Crippen LogP contribution is -2.34. The molecule has 1 fully saturated rings. The molecule has 1 amide bonds. The van der Waals surface area contributed by atoms with Crippen molar-refractivity contribution in [2.75, 3.05) is 23.8 Å². The van der Waals surface area contributed by atoms with E-state index in [9.17, 15) is 9.90 Å². The molecule has 1 saturated heterocycles. The number of halogens is 2. The summed E-state index contributed by atoms with van der Waals surface area (Å²) in [5, 5.41) is 10.3. The molecular formula is C24H25Cl2N3O4S. The molecule has 0 bridgehead atoms. The molecule has 34 heavy (non-hydrogen) atoms. The summed E-state index contributed by atoms with van der Waals surface area (Å²) in [6.45, 7) is 4.92. The first-order chi connectivity index (χ1) is 16.3. The zero-order valence-corrected chi connectivity index (χ0v) is 21.1. The maximum Gasteiger partial charge on any atom is 0.411 e. The lowest BCUT2D eigenvalue weighted by Gasteiger charge is -2.30. The molecule has 7 nitrogen and oxygen atoms in total. The second kappa shape index (κ2) is 10.6. The number of anilines is 1. The molecule has 2 aromatic carbocycles. The topological polar surface area (TPSA) is 76.8 Å². The van der Waals surface area contributed by atoms with Gasteiger partial charge in [-0.3, -0.25) is 4.90 Å². The van der Waals surface area contributed by atoms with E-state index >= 15 is 0 Å². The molecule has 1 aromatic heterocycles. The predicted octanol–water partition coefficient (Wildman–Crippen LogP) is 6.06. The van der Waals surface area contributed by atoms with Crippen LogP contribution >= 0.6 is 35.0 Å². The number of imidazole rings is 1. The van der Waals surface area contributed by atoms with Crippen LogP contribution in [0.2, 0.25) is 10.0 Å². The lowest BCUT2D eigenvalue weighted by atomic mass is 10.1. The van der Waals surface area contributed by atoms with E-state index in [-0.39, 0.29) is 6.10 Å². The van der Waals surface area contributed by atoms with Crippen molar-refractivity contribution in [3.63, 3.8) is 0 Å². The number of thioether (sulfide) groups is 1. The van der Waals surface area contributed by atoms with Gasteiger partial charge in [-0.05, 0) is 50.2 Å². The quantitative estimate of drug-likeness (QED) is 0.363. The first-order valence-electron chi connectivity index (χ1n) is 10.8. The van der Waals surface area contributed by atoms with Gasteiger partial charge in [0.2, 0.25) is 5.79 Å². The van der Waals surface area contributed by atoms with Crippen LogP contribution in [0, 0.1) is 6.92 Å². The van der Waals surface area contributed by atoms with Crippen LogP contribution in [0.5, 0.6) is 0 Å². The lowest BCUT2D eigenvalue weighted by molar-refractivity contribution is -0.185. The van der Waals surface area contributed by atoms with Crippen LogP contribution in [0.4, 0.5) is 10.5 Å². The minimum absolute atomic E-state index is 0.175. The number of aromatic nitrogens is 2. The molecule has 180 valence electrons. The molecular weight excluding hydrogens is 497 g/mol. The molecule has 1 aliphatic rings. The summed E-state index contributed by atoms with van der Waals surface area (Å²) in [5.74, 6) is 0.439. The van der Waals surface area contributed by atoms with Gasteiger partial charge in [-0.15, -0.1) is 11.8 Å². The highest BCUT2D eigenvalue weighted by Gasteiger charge is 2.45. The molecule has 2 heterocycles. The maximum absolute atomic E-state index is 11.3. The number of amides is 1. The van der Waals surface area contributed by atoms with Gasteiger partial charge in [-0.2, -0.15) is 0 Å². The standard InChI is InChI=1S/C24H25Cl2N3O4S/c1-3-29(23(30)31)18-5-7-20(8-6-18)34-14-19-13-32-24(33-19,15-28-11-10-27-16(28)2)21-9-4-17(25)12-22(21)26/h4-12,19H,3,13-15H2,1-2H3,(H,30,31)/t19-,24+/m0/s1. The minimum Gasteiger partial charge on any atom is -0.465 e. The van der Waals surface area contributed by atoms with Crippen molar-refractivity contribution in [1.82, 2.24) is 9.55 Å². The molecule has 1 N–H and O–H groups in total. The smallest absolute Gasteiger partial charge is 0.411 e. The highest BCUT2D eigenvalue weighted by atomic mass is 35.5. The fraction of sp³-hybridized carbons (Fsp3) is 0.333. The molecule has 2 atom stereocenters. The Morgan fingerprint density at radius 1 is 1.29 bits per heavy atom. The van der Waals surface area contributed by atoms with Crippen LogP contribution in [0.25, 0.3) is 0 Å². The largest absolute Gasteiger partial charge is 0.465 e. The van der Waals surface area contributed by atoms with Crippen molar-refractivity contribution in [3.8, 4) is 0 Å². The van der Waals surface area contributed by atoms with E-state index in [0.717, 1.165) is 16.3 Å². The van der Waals surface area contributed by atoms with Crippen molar-refractivity contribution in [3.05, 3.63) is 76.3 Å². The number of rotatable bonds is 8. The van der Waals surface area contributed by atoms with E-state index < -0.39 is 11.9 Å². The highest BCUT2D eigenvalue weighted by Crippen LogP contribution is 2.41. The van der Waals surface area contributed by atoms with Crippen LogP contribution < -0.4 is 4.90 Å². The molecule has 0 aliphatic carbocycles. The Morgan fingerprint density at radius 3 is 2.68 bits per heavy atom.